The van der Waals surface area contributed by atoms with Gasteiger partial charge in [0, 0.05) is 43.3 Å². The van der Waals surface area contributed by atoms with Crippen LogP contribution in [0.2, 0.25) is 10.0 Å². The second kappa shape index (κ2) is 9.87. The topological polar surface area (TPSA) is 96.5 Å². The number of nitrogens with zero attached hydrogens (tertiary/aromatic N) is 3. The van der Waals surface area contributed by atoms with Crippen LogP contribution in [0.5, 0.6) is 0 Å². The fraction of sp³-hybridized carbons (Fsp3) is 0.565. The van der Waals surface area contributed by atoms with Gasteiger partial charge in [0.1, 0.15) is 5.82 Å². The lowest BCUT2D eigenvalue weighted by molar-refractivity contribution is -0.0370. The van der Waals surface area contributed by atoms with Crippen molar-refractivity contribution in [3.05, 3.63) is 51.9 Å². The summed E-state index contributed by atoms with van der Waals surface area (Å²) >= 11 is 12.7. The van der Waals surface area contributed by atoms with Crippen LogP contribution in [0.4, 0.5) is 5.82 Å². The molecule has 4 unspecified atom stereocenters. The first-order valence-electron chi connectivity index (χ1n) is 11.7. The van der Waals surface area contributed by atoms with Gasteiger partial charge in [0.2, 0.25) is 0 Å². The molecule has 0 aromatic carbocycles. The third-order valence-corrected chi connectivity index (χ3v) is 9.41. The van der Waals surface area contributed by atoms with E-state index in [0.29, 0.717) is 35.1 Å². The van der Waals surface area contributed by atoms with Crippen molar-refractivity contribution in [3.8, 4) is 0 Å². The maximum atomic E-state index is 11.7. The van der Waals surface area contributed by atoms with Gasteiger partial charge in [-0.2, -0.15) is 0 Å². The normalized spacial score (nSPS) is 29.6. The maximum Gasteiger partial charge on any atom is 0.153 e. The molecule has 1 saturated carbocycles. The number of nitrogens with one attached hydrogen (secondary N) is 2. The van der Waals surface area contributed by atoms with Crippen LogP contribution in [0.3, 0.4) is 0 Å². The van der Waals surface area contributed by atoms with E-state index in [1.165, 1.54) is 0 Å². The molecule has 11 heteroatoms. The van der Waals surface area contributed by atoms with E-state index in [0.717, 1.165) is 36.2 Å². The summed E-state index contributed by atoms with van der Waals surface area (Å²) in [7, 11) is -2.91. The molecular weight excluding hydrogens is 497 g/mol. The summed E-state index contributed by atoms with van der Waals surface area (Å²) in [4.78, 5) is 10.7. The van der Waals surface area contributed by atoms with Gasteiger partial charge in [0.15, 0.2) is 9.84 Å². The Balaban J connectivity index is 1.24. The van der Waals surface area contributed by atoms with Crippen LogP contribution in [-0.2, 0) is 14.6 Å². The lowest BCUT2D eigenvalue weighted by Crippen LogP contribution is -2.40. The molecule has 2 aromatic rings. The second-order valence-electron chi connectivity index (χ2n) is 9.36. The number of ether oxygens (including phenoxy) is 1. The molecule has 0 bridgehead atoms. The molecule has 5 rings (SSSR count). The molecule has 34 heavy (non-hydrogen) atoms. The van der Waals surface area contributed by atoms with Crippen LogP contribution >= 0.6 is 23.2 Å². The number of aromatic nitrogens is 2. The SMILES string of the molecule is C[C@@H](OC1CCC2NNC(c3ccc(N4CCS(=O)(=O)CC4)nc3)C2C1)c1c(Cl)cncc1Cl. The van der Waals surface area contributed by atoms with Gasteiger partial charge in [0.05, 0.1) is 39.8 Å². The van der Waals surface area contributed by atoms with Crippen molar-refractivity contribution in [1.82, 2.24) is 20.8 Å². The largest absolute Gasteiger partial charge is 0.370 e. The Morgan fingerprint density at radius 2 is 1.82 bits per heavy atom. The standard InChI is InChI=1S/C23H29Cl2N5O3S/c1-14(22-18(24)12-26-13-19(22)25)33-16-3-4-20-17(10-16)23(29-28-20)15-2-5-21(27-11-15)30-6-8-34(31,32)9-7-30/h2,5,11-14,16-17,20,23,28-29H,3-4,6-10H2,1H3/t14-,16?,17?,20?,23?/m1/s1. The summed E-state index contributed by atoms with van der Waals surface area (Å²) in [5.74, 6) is 1.56. The number of anilines is 1. The molecule has 184 valence electrons. The van der Waals surface area contributed by atoms with Gasteiger partial charge in [-0.05, 0) is 43.7 Å². The predicted molar refractivity (Wildman–Crippen MR) is 133 cm³/mol. The number of fused-ring (bicyclic) bond motifs is 1. The first-order valence-corrected chi connectivity index (χ1v) is 14.3. The summed E-state index contributed by atoms with van der Waals surface area (Å²) in [5.41, 5.74) is 8.81. The molecule has 0 amide bonds. The third-order valence-electron chi connectivity index (χ3n) is 7.20. The zero-order valence-electron chi connectivity index (χ0n) is 19.0. The summed E-state index contributed by atoms with van der Waals surface area (Å²) in [5, 5.41) is 1.04. The Hall–Kier alpha value is -1.49. The number of rotatable bonds is 5. The Morgan fingerprint density at radius 3 is 2.50 bits per heavy atom. The molecule has 5 atom stereocenters. The van der Waals surface area contributed by atoms with Crippen molar-refractivity contribution in [2.24, 2.45) is 5.92 Å². The molecule has 3 fully saturated rings. The number of hydrogen-bond acceptors (Lipinski definition) is 8. The Kier molecular flexibility index (Phi) is 7.03. The molecule has 2 saturated heterocycles. The lowest BCUT2D eigenvalue weighted by atomic mass is 9.78. The quantitative estimate of drug-likeness (QED) is 0.612. The molecule has 4 heterocycles. The van der Waals surface area contributed by atoms with Crippen LogP contribution in [0.1, 0.15) is 49.5 Å². The number of hydrogen-bond donors (Lipinski definition) is 2. The fourth-order valence-electron chi connectivity index (χ4n) is 5.35. The van der Waals surface area contributed by atoms with Crippen LogP contribution < -0.4 is 15.8 Å². The number of pyridine rings is 2. The average Bonchev–Trinajstić information content (AvgIpc) is 3.22. The van der Waals surface area contributed by atoms with Crippen molar-refractivity contribution in [1.29, 1.82) is 0 Å². The van der Waals surface area contributed by atoms with E-state index in [-0.39, 0.29) is 29.8 Å². The van der Waals surface area contributed by atoms with Gasteiger partial charge in [-0.1, -0.05) is 29.3 Å². The molecule has 2 aromatic heterocycles. The highest BCUT2D eigenvalue weighted by atomic mass is 35.5. The van der Waals surface area contributed by atoms with Gasteiger partial charge < -0.3 is 9.64 Å². The first kappa shape index (κ1) is 24.2. The van der Waals surface area contributed by atoms with Crippen LogP contribution in [-0.4, -0.2) is 55.1 Å². The van der Waals surface area contributed by atoms with Crippen LogP contribution in [0.15, 0.2) is 30.7 Å². The molecule has 1 aliphatic carbocycles. The van der Waals surface area contributed by atoms with E-state index in [1.54, 1.807) is 12.4 Å². The Bertz CT molecular complexity index is 1100. The van der Waals surface area contributed by atoms with Gasteiger partial charge >= 0.3 is 0 Å². The van der Waals surface area contributed by atoms with E-state index < -0.39 is 9.84 Å². The summed E-state index contributed by atoms with van der Waals surface area (Å²) in [6, 6.07) is 4.59. The number of halogens is 2. The number of sulfone groups is 1. The lowest BCUT2D eigenvalue weighted by Gasteiger charge is -2.35. The minimum atomic E-state index is -2.91. The van der Waals surface area contributed by atoms with Gasteiger partial charge in [0.25, 0.3) is 0 Å². The second-order valence-corrected chi connectivity index (χ2v) is 12.5. The van der Waals surface area contributed by atoms with E-state index in [2.05, 4.69) is 26.9 Å². The van der Waals surface area contributed by atoms with E-state index >= 15 is 0 Å². The van der Waals surface area contributed by atoms with E-state index in [9.17, 15) is 8.42 Å². The Labute approximate surface area is 210 Å². The van der Waals surface area contributed by atoms with E-state index in [1.807, 2.05) is 24.1 Å². The summed E-state index contributed by atoms with van der Waals surface area (Å²) < 4.78 is 29.8. The van der Waals surface area contributed by atoms with Gasteiger partial charge in [-0.15, -0.1) is 0 Å². The average molecular weight is 526 g/mol. The molecule has 0 spiro atoms. The van der Waals surface area contributed by atoms with Crippen molar-refractivity contribution in [2.75, 3.05) is 29.5 Å². The third kappa shape index (κ3) is 5.05. The first-order chi connectivity index (χ1) is 16.3. The highest BCUT2D eigenvalue weighted by Crippen LogP contribution is 2.41. The van der Waals surface area contributed by atoms with Crippen LogP contribution in [0.25, 0.3) is 0 Å². The summed E-state index contributed by atoms with van der Waals surface area (Å²) in [6.07, 6.45) is 7.86. The van der Waals surface area contributed by atoms with Crippen molar-refractivity contribution >= 4 is 38.9 Å². The monoisotopic (exact) mass is 525 g/mol. The van der Waals surface area contributed by atoms with Crippen molar-refractivity contribution in [2.45, 2.75) is 50.5 Å². The van der Waals surface area contributed by atoms with Crippen molar-refractivity contribution < 1.29 is 13.2 Å². The predicted octanol–water partition coefficient (Wildman–Crippen LogP) is 3.48. The van der Waals surface area contributed by atoms with Gasteiger partial charge in [-0.25, -0.2) is 18.8 Å². The number of hydrazine groups is 1. The summed E-state index contributed by atoms with van der Waals surface area (Å²) in [6.45, 7) is 2.97. The van der Waals surface area contributed by atoms with Crippen LogP contribution in [0, 0.1) is 5.92 Å². The molecule has 2 N–H and O–H groups in total. The zero-order valence-corrected chi connectivity index (χ0v) is 21.3. The molecule has 3 aliphatic rings. The van der Waals surface area contributed by atoms with Gasteiger partial charge in [-0.3, -0.25) is 10.4 Å². The van der Waals surface area contributed by atoms with E-state index in [4.69, 9.17) is 27.9 Å². The Morgan fingerprint density at radius 1 is 1.09 bits per heavy atom. The molecular formula is C23H29Cl2N5O3S. The highest BCUT2D eigenvalue weighted by molar-refractivity contribution is 7.91. The molecule has 8 nitrogen and oxygen atoms in total. The van der Waals surface area contributed by atoms with Crippen molar-refractivity contribution in [3.63, 3.8) is 0 Å². The minimum absolute atomic E-state index is 0.100. The fourth-order valence-corrected chi connectivity index (χ4v) is 7.22. The maximum absolute atomic E-state index is 11.7. The zero-order chi connectivity index (χ0) is 23.9. The highest BCUT2D eigenvalue weighted by Gasteiger charge is 2.42. The molecule has 0 radical (unpaired) electrons. The minimum Gasteiger partial charge on any atom is -0.370 e. The molecule has 2 aliphatic heterocycles. The smallest absolute Gasteiger partial charge is 0.153 e.